The van der Waals surface area contributed by atoms with Crippen molar-refractivity contribution in [2.24, 2.45) is 5.92 Å². The monoisotopic (exact) mass is 376 g/mol. The molecule has 1 fully saturated rings. The summed E-state index contributed by atoms with van der Waals surface area (Å²) in [5, 5.41) is 2.67. The van der Waals surface area contributed by atoms with Crippen LogP contribution in [0.4, 0.5) is 14.9 Å². The lowest BCUT2D eigenvalue weighted by Crippen LogP contribution is -2.44. The molecule has 1 atom stereocenters. The van der Waals surface area contributed by atoms with E-state index in [9.17, 15) is 14.0 Å². The van der Waals surface area contributed by atoms with E-state index in [1.54, 1.807) is 24.3 Å². The number of carbonyl (C=O) groups is 2. The van der Waals surface area contributed by atoms with Crippen molar-refractivity contribution < 1.29 is 18.7 Å². The summed E-state index contributed by atoms with van der Waals surface area (Å²) in [7, 11) is 0. The first-order chi connectivity index (χ1) is 12.5. The summed E-state index contributed by atoms with van der Waals surface area (Å²) >= 11 is 5.64. The summed E-state index contributed by atoms with van der Waals surface area (Å²) in [6.45, 7) is 0.790. The third-order valence-corrected chi connectivity index (χ3v) is 4.49. The number of anilines is 1. The molecule has 1 unspecified atom stereocenters. The second-order valence-electron chi connectivity index (χ2n) is 6.08. The number of likely N-dealkylation sites (tertiary alicyclic amines) is 1. The average molecular weight is 377 g/mol. The van der Waals surface area contributed by atoms with Gasteiger partial charge in [-0.3, -0.25) is 4.79 Å². The van der Waals surface area contributed by atoms with E-state index < -0.39 is 11.9 Å². The summed E-state index contributed by atoms with van der Waals surface area (Å²) < 4.78 is 18.8. The molecular weight excluding hydrogens is 359 g/mol. The zero-order valence-corrected chi connectivity index (χ0v) is 14.7. The second-order valence-corrected chi connectivity index (χ2v) is 6.49. The molecule has 2 aromatic rings. The van der Waals surface area contributed by atoms with Gasteiger partial charge in [-0.25, -0.2) is 9.18 Å². The lowest BCUT2D eigenvalue weighted by Gasteiger charge is -2.31. The Morgan fingerprint density at radius 2 is 1.96 bits per heavy atom. The molecule has 1 saturated heterocycles. The molecule has 1 aliphatic heterocycles. The molecule has 2 amide bonds. The minimum Gasteiger partial charge on any atom is -0.410 e. The number of rotatable bonds is 3. The third kappa shape index (κ3) is 4.52. The molecule has 0 aliphatic carbocycles. The van der Waals surface area contributed by atoms with Gasteiger partial charge < -0.3 is 15.0 Å². The van der Waals surface area contributed by atoms with Crippen LogP contribution in [0.5, 0.6) is 5.75 Å². The highest BCUT2D eigenvalue weighted by Crippen LogP contribution is 2.22. The second kappa shape index (κ2) is 8.19. The maximum Gasteiger partial charge on any atom is 0.415 e. The highest BCUT2D eigenvalue weighted by atomic mass is 35.5. The van der Waals surface area contributed by atoms with Gasteiger partial charge in [0.2, 0.25) is 5.91 Å². The molecule has 5 nitrogen and oxygen atoms in total. The van der Waals surface area contributed by atoms with Crippen molar-refractivity contribution in [3.63, 3.8) is 0 Å². The van der Waals surface area contributed by atoms with Crippen LogP contribution in [-0.4, -0.2) is 30.0 Å². The van der Waals surface area contributed by atoms with Gasteiger partial charge in [0, 0.05) is 18.8 Å². The lowest BCUT2D eigenvalue weighted by molar-refractivity contribution is -0.121. The number of hydrogen-bond acceptors (Lipinski definition) is 3. The number of amides is 2. The molecule has 0 saturated carbocycles. The number of nitrogens with zero attached hydrogens (tertiary/aromatic N) is 1. The van der Waals surface area contributed by atoms with Crippen molar-refractivity contribution in [1.82, 2.24) is 4.90 Å². The van der Waals surface area contributed by atoms with Crippen LogP contribution in [0.15, 0.2) is 48.5 Å². The van der Waals surface area contributed by atoms with Crippen molar-refractivity contribution in [2.75, 3.05) is 18.4 Å². The van der Waals surface area contributed by atoms with E-state index in [1.165, 1.54) is 23.1 Å². The predicted octanol–water partition coefficient (Wildman–Crippen LogP) is 4.33. The SMILES string of the molecule is O=C(Nc1ccc(Cl)c(F)c1)C1CCCN(C(=O)Oc2ccccc2)C1. The number of piperidine rings is 1. The van der Waals surface area contributed by atoms with Crippen molar-refractivity contribution in [1.29, 1.82) is 0 Å². The van der Waals surface area contributed by atoms with Gasteiger partial charge in [0.25, 0.3) is 0 Å². The highest BCUT2D eigenvalue weighted by molar-refractivity contribution is 6.30. The average Bonchev–Trinajstić information content (AvgIpc) is 2.65. The van der Waals surface area contributed by atoms with E-state index in [4.69, 9.17) is 16.3 Å². The number of nitrogens with one attached hydrogen (secondary N) is 1. The first-order valence-corrected chi connectivity index (χ1v) is 8.68. The van der Waals surface area contributed by atoms with E-state index in [0.29, 0.717) is 30.8 Å². The fourth-order valence-corrected chi connectivity index (χ4v) is 2.95. The van der Waals surface area contributed by atoms with Gasteiger partial charge in [-0.2, -0.15) is 0 Å². The molecule has 0 spiro atoms. The Hall–Kier alpha value is -2.60. The Morgan fingerprint density at radius 1 is 1.19 bits per heavy atom. The quantitative estimate of drug-likeness (QED) is 0.867. The molecule has 1 heterocycles. The molecule has 3 rings (SSSR count). The number of hydrogen-bond donors (Lipinski definition) is 1. The minimum absolute atomic E-state index is 0.00417. The Morgan fingerprint density at radius 3 is 2.69 bits per heavy atom. The zero-order valence-electron chi connectivity index (χ0n) is 14.0. The standard InChI is InChI=1S/C19H18ClFN2O3/c20-16-9-8-14(11-17(16)21)22-18(24)13-5-4-10-23(12-13)19(25)26-15-6-2-1-3-7-15/h1-3,6-9,11,13H,4-5,10,12H2,(H,22,24). The molecule has 0 bridgehead atoms. The lowest BCUT2D eigenvalue weighted by atomic mass is 9.97. The van der Waals surface area contributed by atoms with Crippen LogP contribution < -0.4 is 10.1 Å². The molecule has 0 aromatic heterocycles. The van der Waals surface area contributed by atoms with Crippen molar-refractivity contribution in [2.45, 2.75) is 12.8 Å². The van der Waals surface area contributed by atoms with Crippen LogP contribution >= 0.6 is 11.6 Å². The Balaban J connectivity index is 1.59. The normalized spacial score (nSPS) is 16.8. The van der Waals surface area contributed by atoms with Gasteiger partial charge in [-0.15, -0.1) is 0 Å². The smallest absolute Gasteiger partial charge is 0.410 e. The molecule has 136 valence electrons. The zero-order chi connectivity index (χ0) is 18.5. The minimum atomic E-state index is -0.596. The summed E-state index contributed by atoms with van der Waals surface area (Å²) in [4.78, 5) is 26.2. The molecular formula is C19H18ClFN2O3. The predicted molar refractivity (Wildman–Crippen MR) is 96.8 cm³/mol. The van der Waals surface area contributed by atoms with E-state index >= 15 is 0 Å². The van der Waals surface area contributed by atoms with Crippen molar-refractivity contribution in [3.05, 3.63) is 59.4 Å². The van der Waals surface area contributed by atoms with Crippen molar-refractivity contribution >= 4 is 29.3 Å². The molecule has 7 heteroatoms. The van der Waals surface area contributed by atoms with Gasteiger partial charge in [0.15, 0.2) is 0 Å². The molecule has 26 heavy (non-hydrogen) atoms. The molecule has 2 aromatic carbocycles. The van der Waals surface area contributed by atoms with Crippen LogP contribution in [0.2, 0.25) is 5.02 Å². The summed E-state index contributed by atoms with van der Waals surface area (Å²) in [6.07, 6.45) is 0.861. The van der Waals surface area contributed by atoms with Crippen LogP contribution in [0.25, 0.3) is 0 Å². The largest absolute Gasteiger partial charge is 0.415 e. The number of carbonyl (C=O) groups excluding carboxylic acids is 2. The summed E-state index contributed by atoms with van der Waals surface area (Å²) in [6, 6.07) is 12.9. The molecule has 1 aliphatic rings. The fraction of sp³-hybridized carbons (Fsp3) is 0.263. The van der Waals surface area contributed by atoms with Crippen LogP contribution in [-0.2, 0) is 4.79 Å². The Labute approximate surface area is 155 Å². The van der Waals surface area contributed by atoms with Gasteiger partial charge >= 0.3 is 6.09 Å². The van der Waals surface area contributed by atoms with Crippen molar-refractivity contribution in [3.8, 4) is 5.75 Å². The van der Waals surface area contributed by atoms with E-state index in [2.05, 4.69) is 5.32 Å². The first-order valence-electron chi connectivity index (χ1n) is 8.30. The Bertz CT molecular complexity index is 801. The number of para-hydroxylation sites is 1. The van der Waals surface area contributed by atoms with Gasteiger partial charge in [-0.1, -0.05) is 29.8 Å². The van der Waals surface area contributed by atoms with Gasteiger partial charge in [0.05, 0.1) is 10.9 Å². The third-order valence-electron chi connectivity index (χ3n) is 4.19. The molecule has 1 N–H and O–H groups in total. The number of benzene rings is 2. The topological polar surface area (TPSA) is 58.6 Å². The van der Waals surface area contributed by atoms with Crippen LogP contribution in [0, 0.1) is 11.7 Å². The summed E-state index contributed by atoms with van der Waals surface area (Å²) in [5.41, 5.74) is 0.334. The van der Waals surface area contributed by atoms with E-state index in [0.717, 1.165) is 0 Å². The van der Waals surface area contributed by atoms with E-state index in [1.807, 2.05) is 6.07 Å². The fourth-order valence-electron chi connectivity index (χ4n) is 2.83. The van der Waals surface area contributed by atoms with Crippen LogP contribution in [0.1, 0.15) is 12.8 Å². The first kappa shape index (κ1) is 18.2. The molecule has 0 radical (unpaired) electrons. The maximum absolute atomic E-state index is 13.5. The van der Waals surface area contributed by atoms with Gasteiger partial charge in [0.1, 0.15) is 11.6 Å². The van der Waals surface area contributed by atoms with Gasteiger partial charge in [-0.05, 0) is 43.2 Å². The number of halogens is 2. The van der Waals surface area contributed by atoms with Crippen LogP contribution in [0.3, 0.4) is 0 Å². The van der Waals surface area contributed by atoms with E-state index in [-0.39, 0.29) is 23.4 Å². The maximum atomic E-state index is 13.5. The highest BCUT2D eigenvalue weighted by Gasteiger charge is 2.29. The summed E-state index contributed by atoms with van der Waals surface area (Å²) in [5.74, 6) is -0.781. The number of ether oxygens (including phenoxy) is 1. The Kier molecular flexibility index (Phi) is 5.73.